The van der Waals surface area contributed by atoms with Crippen molar-refractivity contribution < 1.29 is 9.63 Å². The number of aliphatic hydroxyl groups is 1. The molecule has 0 bridgehead atoms. The zero-order valence-electron chi connectivity index (χ0n) is 8.51. The SMILES string of the molecule is CC(O)C(C)c1nc(-c2ncc[nH]2)no1. The average molecular weight is 208 g/mol. The van der Waals surface area contributed by atoms with E-state index in [1.54, 1.807) is 19.3 Å². The van der Waals surface area contributed by atoms with Crippen molar-refractivity contribution in [1.82, 2.24) is 20.1 Å². The molecule has 0 aliphatic carbocycles. The van der Waals surface area contributed by atoms with E-state index in [-0.39, 0.29) is 5.92 Å². The molecule has 0 aliphatic heterocycles. The lowest BCUT2D eigenvalue weighted by atomic mass is 10.1. The second-order valence-corrected chi connectivity index (χ2v) is 3.42. The molecule has 80 valence electrons. The fourth-order valence-corrected chi connectivity index (χ4v) is 1.11. The van der Waals surface area contributed by atoms with Crippen LogP contribution in [0.25, 0.3) is 11.6 Å². The van der Waals surface area contributed by atoms with Gasteiger partial charge in [0.15, 0.2) is 5.82 Å². The van der Waals surface area contributed by atoms with Gasteiger partial charge in [-0.25, -0.2) is 4.98 Å². The monoisotopic (exact) mass is 208 g/mol. The third kappa shape index (κ3) is 1.89. The molecule has 0 fully saturated rings. The summed E-state index contributed by atoms with van der Waals surface area (Å²) >= 11 is 0. The molecule has 15 heavy (non-hydrogen) atoms. The molecule has 0 spiro atoms. The highest BCUT2D eigenvalue weighted by atomic mass is 16.5. The zero-order chi connectivity index (χ0) is 10.8. The van der Waals surface area contributed by atoms with Crippen LogP contribution >= 0.6 is 0 Å². The van der Waals surface area contributed by atoms with E-state index in [9.17, 15) is 5.11 Å². The van der Waals surface area contributed by atoms with E-state index in [2.05, 4.69) is 20.1 Å². The number of aromatic amines is 1. The van der Waals surface area contributed by atoms with Crippen LogP contribution in [-0.4, -0.2) is 31.3 Å². The predicted octanol–water partition coefficient (Wildman–Crippen LogP) is 0.944. The predicted molar refractivity (Wildman–Crippen MR) is 52.0 cm³/mol. The van der Waals surface area contributed by atoms with Crippen LogP contribution < -0.4 is 0 Å². The van der Waals surface area contributed by atoms with Crippen LogP contribution in [0.1, 0.15) is 25.7 Å². The Bertz CT molecular complexity index is 421. The van der Waals surface area contributed by atoms with Gasteiger partial charge < -0.3 is 14.6 Å². The first-order valence-electron chi connectivity index (χ1n) is 4.70. The second kappa shape index (κ2) is 3.82. The first kappa shape index (κ1) is 9.85. The normalized spacial score (nSPS) is 15.1. The molecule has 2 rings (SSSR count). The summed E-state index contributed by atoms with van der Waals surface area (Å²) in [5, 5.41) is 13.1. The minimum Gasteiger partial charge on any atom is -0.393 e. The molecule has 6 heteroatoms. The van der Waals surface area contributed by atoms with Crippen molar-refractivity contribution in [3.8, 4) is 11.6 Å². The largest absolute Gasteiger partial charge is 0.393 e. The minimum atomic E-state index is -0.519. The van der Waals surface area contributed by atoms with Gasteiger partial charge in [-0.1, -0.05) is 12.1 Å². The Morgan fingerprint density at radius 2 is 2.27 bits per heavy atom. The molecule has 6 nitrogen and oxygen atoms in total. The molecule has 0 saturated heterocycles. The van der Waals surface area contributed by atoms with Crippen LogP contribution in [0.2, 0.25) is 0 Å². The topological polar surface area (TPSA) is 87.8 Å². The molecule has 2 atom stereocenters. The van der Waals surface area contributed by atoms with Gasteiger partial charge >= 0.3 is 0 Å². The van der Waals surface area contributed by atoms with Gasteiger partial charge in [0.1, 0.15) is 0 Å². The third-order valence-corrected chi connectivity index (χ3v) is 2.26. The maximum absolute atomic E-state index is 9.36. The van der Waals surface area contributed by atoms with Crippen molar-refractivity contribution in [3.05, 3.63) is 18.3 Å². The van der Waals surface area contributed by atoms with E-state index in [1.807, 2.05) is 6.92 Å². The van der Waals surface area contributed by atoms with E-state index >= 15 is 0 Å². The highest BCUT2D eigenvalue weighted by molar-refractivity contribution is 5.40. The number of rotatable bonds is 3. The summed E-state index contributed by atoms with van der Waals surface area (Å²) in [7, 11) is 0. The smallest absolute Gasteiger partial charge is 0.238 e. The lowest BCUT2D eigenvalue weighted by Gasteiger charge is -2.07. The summed E-state index contributed by atoms with van der Waals surface area (Å²) in [6.45, 7) is 3.51. The van der Waals surface area contributed by atoms with Gasteiger partial charge in [0.05, 0.1) is 12.0 Å². The number of imidazole rings is 1. The van der Waals surface area contributed by atoms with Gasteiger partial charge in [-0.3, -0.25) is 0 Å². The summed E-state index contributed by atoms with van der Waals surface area (Å²) in [4.78, 5) is 11.0. The van der Waals surface area contributed by atoms with Gasteiger partial charge in [0.25, 0.3) is 0 Å². The van der Waals surface area contributed by atoms with Crippen LogP contribution in [0.5, 0.6) is 0 Å². The Balaban J connectivity index is 2.25. The van der Waals surface area contributed by atoms with Crippen molar-refractivity contribution in [1.29, 1.82) is 0 Å². The molecule has 2 aromatic rings. The Hall–Kier alpha value is -1.69. The Morgan fingerprint density at radius 1 is 1.47 bits per heavy atom. The van der Waals surface area contributed by atoms with Crippen molar-refractivity contribution in [2.24, 2.45) is 0 Å². The molecule has 0 aromatic carbocycles. The number of hydrogen-bond acceptors (Lipinski definition) is 5. The van der Waals surface area contributed by atoms with E-state index in [0.717, 1.165) is 0 Å². The molecular weight excluding hydrogens is 196 g/mol. The van der Waals surface area contributed by atoms with Gasteiger partial charge in [-0.2, -0.15) is 4.98 Å². The molecule has 0 aliphatic rings. The lowest BCUT2D eigenvalue weighted by Crippen LogP contribution is -2.11. The highest BCUT2D eigenvalue weighted by Gasteiger charge is 2.19. The van der Waals surface area contributed by atoms with E-state index < -0.39 is 6.10 Å². The Morgan fingerprint density at radius 3 is 2.87 bits per heavy atom. The van der Waals surface area contributed by atoms with Crippen LogP contribution in [0, 0.1) is 0 Å². The number of aromatic nitrogens is 4. The molecule has 0 amide bonds. The van der Waals surface area contributed by atoms with Crippen LogP contribution in [-0.2, 0) is 0 Å². The summed E-state index contributed by atoms with van der Waals surface area (Å²) in [6, 6.07) is 0. The van der Waals surface area contributed by atoms with Crippen molar-refractivity contribution >= 4 is 0 Å². The number of H-pyrrole nitrogens is 1. The summed E-state index contributed by atoms with van der Waals surface area (Å²) in [6.07, 6.45) is 2.78. The van der Waals surface area contributed by atoms with Gasteiger partial charge in [0.2, 0.25) is 11.7 Å². The average Bonchev–Trinajstić information content (AvgIpc) is 2.86. The second-order valence-electron chi connectivity index (χ2n) is 3.42. The van der Waals surface area contributed by atoms with Gasteiger partial charge in [-0.05, 0) is 6.92 Å². The molecule has 0 radical (unpaired) electrons. The first-order valence-corrected chi connectivity index (χ1v) is 4.70. The maximum Gasteiger partial charge on any atom is 0.238 e. The standard InChI is InChI=1S/C9H12N4O2/c1-5(6(2)14)9-12-8(13-15-9)7-10-3-4-11-7/h3-6,14H,1-2H3,(H,10,11). The van der Waals surface area contributed by atoms with Crippen molar-refractivity contribution in [3.63, 3.8) is 0 Å². The fraction of sp³-hybridized carbons (Fsp3) is 0.444. The first-order chi connectivity index (χ1) is 7.18. The van der Waals surface area contributed by atoms with E-state index in [1.165, 1.54) is 0 Å². The number of aliphatic hydroxyl groups excluding tert-OH is 1. The molecule has 2 aromatic heterocycles. The van der Waals surface area contributed by atoms with Gasteiger partial charge in [0, 0.05) is 12.4 Å². The van der Waals surface area contributed by atoms with Crippen LogP contribution in [0.3, 0.4) is 0 Å². The van der Waals surface area contributed by atoms with Crippen LogP contribution in [0.4, 0.5) is 0 Å². The van der Waals surface area contributed by atoms with E-state index in [4.69, 9.17) is 4.52 Å². The quantitative estimate of drug-likeness (QED) is 0.783. The summed E-state index contributed by atoms with van der Waals surface area (Å²) in [5.41, 5.74) is 0. The van der Waals surface area contributed by atoms with Crippen molar-refractivity contribution in [2.45, 2.75) is 25.9 Å². The highest BCUT2D eigenvalue weighted by Crippen LogP contribution is 2.19. The molecule has 2 N–H and O–H groups in total. The molecule has 0 saturated carbocycles. The van der Waals surface area contributed by atoms with Crippen LogP contribution in [0.15, 0.2) is 16.9 Å². The zero-order valence-corrected chi connectivity index (χ0v) is 8.51. The Labute approximate surface area is 86.4 Å². The number of nitrogens with one attached hydrogen (secondary N) is 1. The summed E-state index contributed by atoms with van der Waals surface area (Å²) in [5.74, 6) is 1.20. The summed E-state index contributed by atoms with van der Waals surface area (Å²) < 4.78 is 5.03. The Kier molecular flexibility index (Phi) is 2.51. The number of nitrogens with zero attached hydrogens (tertiary/aromatic N) is 3. The molecule has 2 unspecified atom stereocenters. The lowest BCUT2D eigenvalue weighted by molar-refractivity contribution is 0.151. The molecular formula is C9H12N4O2. The van der Waals surface area contributed by atoms with E-state index in [0.29, 0.717) is 17.5 Å². The fourth-order valence-electron chi connectivity index (χ4n) is 1.11. The maximum atomic E-state index is 9.36. The van der Waals surface area contributed by atoms with Gasteiger partial charge in [-0.15, -0.1) is 0 Å². The van der Waals surface area contributed by atoms with Crippen molar-refractivity contribution in [2.75, 3.05) is 0 Å². The minimum absolute atomic E-state index is 0.179. The molecule has 2 heterocycles. The number of hydrogen-bond donors (Lipinski definition) is 2. The third-order valence-electron chi connectivity index (χ3n) is 2.26.